The van der Waals surface area contributed by atoms with Crippen molar-refractivity contribution in [2.45, 2.75) is 71.8 Å². The summed E-state index contributed by atoms with van der Waals surface area (Å²) in [5.74, 6) is 0. The van der Waals surface area contributed by atoms with Crippen LogP contribution in [0, 0.1) is 6.92 Å². The van der Waals surface area contributed by atoms with Gasteiger partial charge in [-0.1, -0.05) is 45.4 Å². The molecule has 1 aromatic carbocycles. The van der Waals surface area contributed by atoms with Gasteiger partial charge < -0.3 is 5.11 Å². The van der Waals surface area contributed by atoms with Gasteiger partial charge in [-0.3, -0.25) is 0 Å². The Labute approximate surface area is 112 Å². The zero-order valence-corrected chi connectivity index (χ0v) is 12.4. The van der Waals surface area contributed by atoms with Crippen molar-refractivity contribution in [3.8, 4) is 0 Å². The van der Waals surface area contributed by atoms with E-state index in [1.807, 2.05) is 0 Å². The Bertz CT molecular complexity index is 364. The topological polar surface area (TPSA) is 20.2 Å². The molecule has 0 saturated carbocycles. The van der Waals surface area contributed by atoms with Crippen LogP contribution in [0.4, 0.5) is 0 Å². The van der Waals surface area contributed by atoms with Gasteiger partial charge in [-0.05, 0) is 55.7 Å². The standard InChI is InChI=1S/C17H28O/c1-5-8-15-9-10-16(14(4)13-15)11-12-17(18,6-2)7-3/h9-10,13,18H,5-8,11-12H2,1-4H3. The van der Waals surface area contributed by atoms with E-state index < -0.39 is 5.60 Å². The molecule has 0 aliphatic carbocycles. The first kappa shape index (κ1) is 15.2. The molecule has 1 aromatic rings. The largest absolute Gasteiger partial charge is 0.390 e. The molecule has 0 atom stereocenters. The van der Waals surface area contributed by atoms with E-state index >= 15 is 0 Å². The van der Waals surface area contributed by atoms with E-state index in [0.29, 0.717) is 0 Å². The van der Waals surface area contributed by atoms with Crippen LogP contribution in [-0.2, 0) is 12.8 Å². The fourth-order valence-corrected chi connectivity index (χ4v) is 2.45. The number of hydrogen-bond acceptors (Lipinski definition) is 1. The van der Waals surface area contributed by atoms with E-state index in [-0.39, 0.29) is 0 Å². The van der Waals surface area contributed by atoms with Gasteiger partial charge in [0, 0.05) is 0 Å². The van der Waals surface area contributed by atoms with Crippen molar-refractivity contribution in [2.24, 2.45) is 0 Å². The van der Waals surface area contributed by atoms with Gasteiger partial charge in [0.05, 0.1) is 5.60 Å². The Morgan fingerprint density at radius 1 is 1.06 bits per heavy atom. The van der Waals surface area contributed by atoms with Crippen LogP contribution in [-0.4, -0.2) is 10.7 Å². The molecule has 0 radical (unpaired) electrons. The minimum atomic E-state index is -0.478. The normalized spacial score (nSPS) is 11.8. The molecule has 0 bridgehead atoms. The lowest BCUT2D eigenvalue weighted by Crippen LogP contribution is -2.27. The van der Waals surface area contributed by atoms with Crippen molar-refractivity contribution in [3.63, 3.8) is 0 Å². The number of aliphatic hydroxyl groups is 1. The highest BCUT2D eigenvalue weighted by Crippen LogP contribution is 2.23. The van der Waals surface area contributed by atoms with Gasteiger partial charge in [-0.25, -0.2) is 0 Å². The van der Waals surface area contributed by atoms with Crippen molar-refractivity contribution in [3.05, 3.63) is 34.9 Å². The molecular formula is C17H28O. The van der Waals surface area contributed by atoms with Crippen LogP contribution in [0.1, 0.15) is 63.1 Å². The van der Waals surface area contributed by atoms with E-state index in [1.165, 1.54) is 23.1 Å². The summed E-state index contributed by atoms with van der Waals surface area (Å²) in [7, 11) is 0. The van der Waals surface area contributed by atoms with Gasteiger partial charge >= 0.3 is 0 Å². The summed E-state index contributed by atoms with van der Waals surface area (Å²) in [6, 6.07) is 6.78. The maximum absolute atomic E-state index is 10.3. The summed E-state index contributed by atoms with van der Waals surface area (Å²) in [4.78, 5) is 0. The minimum absolute atomic E-state index is 0.478. The van der Waals surface area contributed by atoms with Crippen LogP contribution in [0.3, 0.4) is 0 Å². The maximum Gasteiger partial charge on any atom is 0.0645 e. The second kappa shape index (κ2) is 6.94. The van der Waals surface area contributed by atoms with Crippen LogP contribution in [0.15, 0.2) is 18.2 Å². The Morgan fingerprint density at radius 2 is 1.72 bits per heavy atom. The second-order valence-corrected chi connectivity index (χ2v) is 5.44. The summed E-state index contributed by atoms with van der Waals surface area (Å²) in [6.07, 6.45) is 5.90. The van der Waals surface area contributed by atoms with E-state index in [9.17, 15) is 5.11 Å². The van der Waals surface area contributed by atoms with Crippen LogP contribution in [0.2, 0.25) is 0 Å². The smallest absolute Gasteiger partial charge is 0.0645 e. The van der Waals surface area contributed by atoms with Gasteiger partial charge in [0.2, 0.25) is 0 Å². The molecule has 0 aromatic heterocycles. The van der Waals surface area contributed by atoms with Crippen LogP contribution in [0.25, 0.3) is 0 Å². The monoisotopic (exact) mass is 248 g/mol. The van der Waals surface area contributed by atoms with Gasteiger partial charge in [0.15, 0.2) is 0 Å². The third kappa shape index (κ3) is 4.13. The molecule has 1 heteroatoms. The van der Waals surface area contributed by atoms with Gasteiger partial charge in [0.25, 0.3) is 0 Å². The fourth-order valence-electron chi connectivity index (χ4n) is 2.45. The third-order valence-electron chi connectivity index (χ3n) is 4.12. The van der Waals surface area contributed by atoms with E-state index in [4.69, 9.17) is 0 Å². The van der Waals surface area contributed by atoms with Crippen molar-refractivity contribution in [1.82, 2.24) is 0 Å². The predicted molar refractivity (Wildman–Crippen MR) is 79.0 cm³/mol. The molecule has 18 heavy (non-hydrogen) atoms. The van der Waals surface area contributed by atoms with Crippen molar-refractivity contribution in [2.75, 3.05) is 0 Å². The Balaban J connectivity index is 2.68. The molecule has 0 heterocycles. The highest BCUT2D eigenvalue weighted by molar-refractivity contribution is 5.31. The van der Waals surface area contributed by atoms with E-state index in [1.54, 1.807) is 0 Å². The number of rotatable bonds is 7. The molecule has 1 N–H and O–H groups in total. The summed E-state index contributed by atoms with van der Waals surface area (Å²) in [6.45, 7) is 8.54. The van der Waals surface area contributed by atoms with Gasteiger partial charge in [0.1, 0.15) is 0 Å². The second-order valence-electron chi connectivity index (χ2n) is 5.44. The number of aryl methyl sites for hydroxylation is 3. The van der Waals surface area contributed by atoms with Crippen LogP contribution >= 0.6 is 0 Å². The van der Waals surface area contributed by atoms with Crippen molar-refractivity contribution < 1.29 is 5.11 Å². The highest BCUT2D eigenvalue weighted by atomic mass is 16.3. The van der Waals surface area contributed by atoms with Crippen LogP contribution in [0.5, 0.6) is 0 Å². The van der Waals surface area contributed by atoms with E-state index in [0.717, 1.165) is 32.1 Å². The summed E-state index contributed by atoms with van der Waals surface area (Å²) in [5.41, 5.74) is 3.71. The average Bonchev–Trinajstić information content (AvgIpc) is 2.38. The number of hydrogen-bond donors (Lipinski definition) is 1. The molecule has 1 nitrogen and oxygen atoms in total. The lowest BCUT2D eigenvalue weighted by atomic mass is 9.88. The molecule has 0 saturated heterocycles. The Morgan fingerprint density at radius 3 is 2.22 bits per heavy atom. The van der Waals surface area contributed by atoms with E-state index in [2.05, 4.69) is 45.9 Å². The highest BCUT2D eigenvalue weighted by Gasteiger charge is 2.21. The predicted octanol–water partition coefficient (Wildman–Crippen LogP) is 4.43. The zero-order chi connectivity index (χ0) is 13.6. The van der Waals surface area contributed by atoms with Crippen LogP contribution < -0.4 is 0 Å². The molecule has 1 rings (SSSR count). The first-order valence-corrected chi connectivity index (χ1v) is 7.35. The fraction of sp³-hybridized carbons (Fsp3) is 0.647. The summed E-state index contributed by atoms with van der Waals surface area (Å²) >= 11 is 0. The zero-order valence-electron chi connectivity index (χ0n) is 12.4. The number of benzene rings is 1. The quantitative estimate of drug-likeness (QED) is 0.756. The molecule has 0 aliphatic heterocycles. The molecule has 0 aliphatic rings. The summed E-state index contributed by atoms with van der Waals surface area (Å²) in [5, 5.41) is 10.3. The Hall–Kier alpha value is -0.820. The first-order chi connectivity index (χ1) is 8.54. The molecule has 0 spiro atoms. The average molecular weight is 248 g/mol. The maximum atomic E-state index is 10.3. The van der Waals surface area contributed by atoms with Crippen molar-refractivity contribution in [1.29, 1.82) is 0 Å². The van der Waals surface area contributed by atoms with Crippen molar-refractivity contribution >= 4 is 0 Å². The third-order valence-corrected chi connectivity index (χ3v) is 4.12. The lowest BCUT2D eigenvalue weighted by Gasteiger charge is -2.25. The minimum Gasteiger partial charge on any atom is -0.390 e. The van der Waals surface area contributed by atoms with Gasteiger partial charge in [-0.15, -0.1) is 0 Å². The molecular weight excluding hydrogens is 220 g/mol. The molecule has 0 unspecified atom stereocenters. The molecule has 102 valence electrons. The SMILES string of the molecule is CCCc1ccc(CCC(O)(CC)CC)c(C)c1. The summed E-state index contributed by atoms with van der Waals surface area (Å²) < 4.78 is 0. The van der Waals surface area contributed by atoms with Gasteiger partial charge in [-0.2, -0.15) is 0 Å². The Kier molecular flexibility index (Phi) is 5.87. The first-order valence-electron chi connectivity index (χ1n) is 7.35. The molecule has 0 fully saturated rings. The lowest BCUT2D eigenvalue weighted by molar-refractivity contribution is 0.0239. The molecule has 0 amide bonds.